The van der Waals surface area contributed by atoms with Gasteiger partial charge in [-0.25, -0.2) is 0 Å². The van der Waals surface area contributed by atoms with Gasteiger partial charge in [0.1, 0.15) is 0 Å². The first-order chi connectivity index (χ1) is 12.7. The molecule has 26 heavy (non-hydrogen) atoms. The lowest BCUT2D eigenvalue weighted by atomic mass is 9.99. The van der Waals surface area contributed by atoms with Crippen molar-refractivity contribution in [2.75, 3.05) is 7.05 Å². The van der Waals surface area contributed by atoms with Crippen LogP contribution in [0.5, 0.6) is 0 Å². The molecule has 0 aliphatic carbocycles. The van der Waals surface area contributed by atoms with Crippen LogP contribution >= 0.6 is 0 Å². The van der Waals surface area contributed by atoms with E-state index in [4.69, 9.17) is 0 Å². The first kappa shape index (κ1) is 18.1. The molecule has 1 N–H and O–H groups in total. The number of rotatable bonds is 6. The summed E-state index contributed by atoms with van der Waals surface area (Å²) in [7, 11) is 1.97. The van der Waals surface area contributed by atoms with Gasteiger partial charge in [0.25, 0.3) is 0 Å². The molecule has 0 unspecified atom stereocenters. The van der Waals surface area contributed by atoms with Crippen LogP contribution in [0.3, 0.4) is 0 Å². The molecule has 3 aromatic rings. The summed E-state index contributed by atoms with van der Waals surface area (Å²) in [6.07, 6.45) is 7.53. The Hall–Kier alpha value is -2.71. The highest BCUT2D eigenvalue weighted by atomic mass is 15.1. The van der Waals surface area contributed by atoms with Gasteiger partial charge in [0.05, 0.1) is 0 Å². The van der Waals surface area contributed by atoms with Crippen molar-refractivity contribution in [3.8, 4) is 11.3 Å². The monoisotopic (exact) mass is 343 g/mol. The van der Waals surface area contributed by atoms with Crippen LogP contribution in [0.15, 0.2) is 72.9 Å². The van der Waals surface area contributed by atoms with Crippen molar-refractivity contribution in [1.82, 2.24) is 5.32 Å². The summed E-state index contributed by atoms with van der Waals surface area (Å²) in [4.78, 5) is 0. The highest BCUT2D eigenvalue weighted by Gasteiger charge is 2.14. The van der Waals surface area contributed by atoms with E-state index in [0.29, 0.717) is 0 Å². The summed E-state index contributed by atoms with van der Waals surface area (Å²) in [5.74, 6) is 0. The Morgan fingerprint density at radius 2 is 1.77 bits per heavy atom. The van der Waals surface area contributed by atoms with E-state index < -0.39 is 0 Å². The minimum atomic E-state index is 0.795. The van der Waals surface area contributed by atoms with Crippen molar-refractivity contribution >= 4 is 6.08 Å². The molecule has 3 rings (SSSR count). The number of pyridine rings is 1. The van der Waals surface area contributed by atoms with Gasteiger partial charge in [0.2, 0.25) is 12.4 Å². The van der Waals surface area contributed by atoms with Gasteiger partial charge in [-0.2, -0.15) is 4.57 Å². The normalized spacial score (nSPS) is 11.2. The maximum atomic E-state index is 3.24. The molecule has 0 fully saturated rings. The van der Waals surface area contributed by atoms with E-state index in [0.717, 1.165) is 13.1 Å². The van der Waals surface area contributed by atoms with Crippen LogP contribution in [0, 0.1) is 13.8 Å². The lowest BCUT2D eigenvalue weighted by Crippen LogP contribution is -2.41. The maximum absolute atomic E-state index is 3.24. The summed E-state index contributed by atoms with van der Waals surface area (Å²) < 4.78 is 2.24. The van der Waals surface area contributed by atoms with Crippen molar-refractivity contribution < 1.29 is 4.57 Å². The average Bonchev–Trinajstić information content (AvgIpc) is 2.65. The molecule has 0 spiro atoms. The summed E-state index contributed by atoms with van der Waals surface area (Å²) in [6.45, 7) is 5.10. The van der Waals surface area contributed by atoms with E-state index in [1.54, 1.807) is 0 Å². The molecule has 0 saturated heterocycles. The van der Waals surface area contributed by atoms with Crippen LogP contribution < -0.4 is 9.88 Å². The van der Waals surface area contributed by atoms with Crippen molar-refractivity contribution in [1.29, 1.82) is 0 Å². The second kappa shape index (κ2) is 8.59. The number of aryl methyl sites for hydroxylation is 2. The first-order valence-electron chi connectivity index (χ1n) is 9.14. The Morgan fingerprint density at radius 3 is 2.58 bits per heavy atom. The Kier molecular flexibility index (Phi) is 5.98. The molecule has 132 valence electrons. The highest BCUT2D eigenvalue weighted by molar-refractivity contribution is 5.62. The zero-order chi connectivity index (χ0) is 18.4. The minimum absolute atomic E-state index is 0.795. The third kappa shape index (κ3) is 4.27. The molecule has 0 bridgehead atoms. The van der Waals surface area contributed by atoms with Gasteiger partial charge in [0.15, 0.2) is 6.20 Å². The SMILES string of the molecule is CNC[n+]1ccccc1-c1ccccc1C/C=C/c1ccc(C)cc1C. The molecule has 0 atom stereocenters. The van der Waals surface area contributed by atoms with Gasteiger partial charge in [-0.3, -0.25) is 5.32 Å². The number of allylic oxidation sites excluding steroid dienone is 1. The molecular formula is C24H27N2+. The van der Waals surface area contributed by atoms with Gasteiger partial charge in [-0.05, 0) is 56.1 Å². The van der Waals surface area contributed by atoms with Crippen molar-refractivity contribution in [3.05, 3.63) is 95.2 Å². The Bertz CT molecular complexity index is 910. The van der Waals surface area contributed by atoms with Crippen LogP contribution in [0.1, 0.15) is 22.3 Å². The van der Waals surface area contributed by atoms with Gasteiger partial charge in [-0.1, -0.05) is 54.1 Å². The Balaban J connectivity index is 1.87. The molecule has 2 nitrogen and oxygen atoms in total. The standard InChI is InChI=1S/C24H27N2/c1-19-14-15-21(20(2)17-19)10-8-11-22-9-4-5-12-23(22)24-13-6-7-16-26(24)18-25-3/h4-10,12-17,25H,11,18H2,1-3H3/q+1/b10-8+. The lowest BCUT2D eigenvalue weighted by molar-refractivity contribution is -0.690. The lowest BCUT2D eigenvalue weighted by Gasteiger charge is -2.08. The summed E-state index contributed by atoms with van der Waals surface area (Å²) in [5, 5.41) is 3.24. The van der Waals surface area contributed by atoms with E-state index in [1.807, 2.05) is 7.05 Å². The Labute approximate surface area is 156 Å². The topological polar surface area (TPSA) is 15.9 Å². The summed E-state index contributed by atoms with van der Waals surface area (Å²) >= 11 is 0. The predicted molar refractivity (Wildman–Crippen MR) is 110 cm³/mol. The molecule has 0 aliphatic heterocycles. The quantitative estimate of drug-likeness (QED) is 0.642. The van der Waals surface area contributed by atoms with Crippen LogP contribution in [0.25, 0.3) is 17.3 Å². The number of nitrogens with zero attached hydrogens (tertiary/aromatic N) is 1. The van der Waals surface area contributed by atoms with E-state index in [-0.39, 0.29) is 0 Å². The number of hydrogen-bond acceptors (Lipinski definition) is 1. The number of hydrogen-bond donors (Lipinski definition) is 1. The van der Waals surface area contributed by atoms with E-state index >= 15 is 0 Å². The van der Waals surface area contributed by atoms with Crippen molar-refractivity contribution in [2.45, 2.75) is 26.9 Å². The fraction of sp³-hybridized carbons (Fsp3) is 0.208. The molecule has 0 radical (unpaired) electrons. The van der Waals surface area contributed by atoms with E-state index in [1.165, 1.54) is 33.5 Å². The highest BCUT2D eigenvalue weighted by Crippen LogP contribution is 2.22. The zero-order valence-electron chi connectivity index (χ0n) is 15.9. The van der Waals surface area contributed by atoms with Crippen LogP contribution in [-0.2, 0) is 13.1 Å². The summed E-state index contributed by atoms with van der Waals surface area (Å²) in [6, 6.07) is 21.6. The second-order valence-electron chi connectivity index (χ2n) is 6.69. The third-order valence-corrected chi connectivity index (χ3v) is 4.62. The average molecular weight is 343 g/mol. The first-order valence-corrected chi connectivity index (χ1v) is 9.14. The maximum Gasteiger partial charge on any atom is 0.213 e. The molecule has 1 heterocycles. The zero-order valence-corrected chi connectivity index (χ0v) is 15.9. The molecule has 1 aromatic heterocycles. The van der Waals surface area contributed by atoms with Gasteiger partial charge >= 0.3 is 0 Å². The van der Waals surface area contributed by atoms with Gasteiger partial charge < -0.3 is 0 Å². The Morgan fingerprint density at radius 1 is 0.962 bits per heavy atom. The van der Waals surface area contributed by atoms with E-state index in [2.05, 4.69) is 103 Å². The third-order valence-electron chi connectivity index (χ3n) is 4.62. The smallest absolute Gasteiger partial charge is 0.213 e. The molecular weight excluding hydrogens is 316 g/mol. The number of nitrogens with one attached hydrogen (secondary N) is 1. The molecule has 2 heteroatoms. The van der Waals surface area contributed by atoms with E-state index in [9.17, 15) is 0 Å². The largest absolute Gasteiger partial charge is 0.265 e. The van der Waals surface area contributed by atoms with Crippen molar-refractivity contribution in [3.63, 3.8) is 0 Å². The molecule has 0 saturated carbocycles. The van der Waals surface area contributed by atoms with Crippen molar-refractivity contribution in [2.24, 2.45) is 0 Å². The fourth-order valence-electron chi connectivity index (χ4n) is 3.30. The molecule has 0 aliphatic rings. The number of benzene rings is 2. The predicted octanol–water partition coefficient (Wildman–Crippen LogP) is 4.69. The van der Waals surface area contributed by atoms with Gasteiger partial charge in [0, 0.05) is 17.7 Å². The van der Waals surface area contributed by atoms with Crippen LogP contribution in [0.4, 0.5) is 0 Å². The fourth-order valence-corrected chi connectivity index (χ4v) is 3.30. The molecule has 2 aromatic carbocycles. The van der Waals surface area contributed by atoms with Crippen LogP contribution in [-0.4, -0.2) is 7.05 Å². The molecule has 0 amide bonds. The minimum Gasteiger partial charge on any atom is -0.265 e. The summed E-state index contributed by atoms with van der Waals surface area (Å²) in [5.41, 5.74) is 7.78. The second-order valence-corrected chi connectivity index (χ2v) is 6.69. The number of aromatic nitrogens is 1. The van der Waals surface area contributed by atoms with Gasteiger partial charge in [-0.15, -0.1) is 0 Å². The van der Waals surface area contributed by atoms with Crippen LogP contribution in [0.2, 0.25) is 0 Å².